The van der Waals surface area contributed by atoms with Crippen molar-refractivity contribution in [3.63, 3.8) is 0 Å². The van der Waals surface area contributed by atoms with Gasteiger partial charge in [-0.3, -0.25) is 9.59 Å². The molecule has 3 rings (SSSR count). The zero-order chi connectivity index (χ0) is 22.5. The lowest BCUT2D eigenvalue weighted by atomic mass is 9.93. The molecular formula is C24H30Cl2N2O2S. The largest absolute Gasteiger partial charge is 0.331 e. The van der Waals surface area contributed by atoms with Crippen LogP contribution >= 0.6 is 34.5 Å². The van der Waals surface area contributed by atoms with Crippen molar-refractivity contribution in [1.82, 2.24) is 9.80 Å². The number of hydrogen-bond acceptors (Lipinski definition) is 3. The molecule has 168 valence electrons. The highest BCUT2D eigenvalue weighted by molar-refractivity contribution is 7.10. The van der Waals surface area contributed by atoms with Gasteiger partial charge in [0, 0.05) is 33.9 Å². The first-order valence-electron chi connectivity index (χ1n) is 11.0. The third kappa shape index (κ3) is 5.44. The number of carbonyl (C=O) groups excluding carboxylic acids is 2. The van der Waals surface area contributed by atoms with Crippen LogP contribution < -0.4 is 0 Å². The number of hydrogen-bond donors (Lipinski definition) is 0. The third-order valence-electron chi connectivity index (χ3n) is 6.04. The number of benzene rings is 1. The monoisotopic (exact) mass is 480 g/mol. The number of thiophene rings is 1. The number of halogens is 2. The Bertz CT molecular complexity index is 930. The van der Waals surface area contributed by atoms with E-state index in [1.165, 1.54) is 4.88 Å². The van der Waals surface area contributed by atoms with Gasteiger partial charge in [-0.15, -0.1) is 11.3 Å². The summed E-state index contributed by atoms with van der Waals surface area (Å²) in [6.45, 7) is 6.83. The van der Waals surface area contributed by atoms with E-state index in [-0.39, 0.29) is 30.4 Å². The van der Waals surface area contributed by atoms with Crippen molar-refractivity contribution in [2.75, 3.05) is 13.1 Å². The van der Waals surface area contributed by atoms with Gasteiger partial charge in [0.25, 0.3) is 0 Å². The van der Waals surface area contributed by atoms with Crippen LogP contribution in [0.4, 0.5) is 0 Å². The van der Waals surface area contributed by atoms with Gasteiger partial charge in [0.1, 0.15) is 6.54 Å². The quantitative estimate of drug-likeness (QED) is 0.441. The van der Waals surface area contributed by atoms with Crippen molar-refractivity contribution in [3.05, 3.63) is 55.7 Å². The molecule has 0 aliphatic carbocycles. The SMILES string of the molecule is CCCCC(=O)N(CC(=O)N1CCc2sccc2C1c1ccc(Cl)cc1Cl)C(C)CC. The Hall–Kier alpha value is -1.56. The fourth-order valence-electron chi connectivity index (χ4n) is 4.06. The number of rotatable bonds is 8. The molecule has 2 atom stereocenters. The second-order valence-electron chi connectivity index (χ2n) is 8.09. The first-order valence-corrected chi connectivity index (χ1v) is 12.6. The third-order valence-corrected chi connectivity index (χ3v) is 7.60. The molecule has 0 saturated carbocycles. The predicted octanol–water partition coefficient (Wildman–Crippen LogP) is 6.35. The van der Waals surface area contributed by atoms with E-state index in [1.807, 2.05) is 30.9 Å². The average Bonchev–Trinajstić information content (AvgIpc) is 3.23. The molecule has 0 bridgehead atoms. The number of unbranched alkanes of at least 4 members (excludes halogenated alkanes) is 1. The molecule has 0 radical (unpaired) electrons. The molecule has 2 unspecified atom stereocenters. The smallest absolute Gasteiger partial charge is 0.243 e. The number of carbonyl (C=O) groups is 2. The van der Waals surface area contributed by atoms with Crippen molar-refractivity contribution >= 4 is 46.4 Å². The second-order valence-corrected chi connectivity index (χ2v) is 9.93. The second kappa shape index (κ2) is 10.8. The van der Waals surface area contributed by atoms with Gasteiger partial charge in [-0.1, -0.05) is 49.5 Å². The van der Waals surface area contributed by atoms with E-state index in [0.717, 1.165) is 36.8 Å². The van der Waals surface area contributed by atoms with Crippen LogP contribution in [-0.2, 0) is 16.0 Å². The lowest BCUT2D eigenvalue weighted by molar-refractivity contribution is -0.143. The molecule has 2 amide bonds. The number of nitrogens with zero attached hydrogens (tertiary/aromatic N) is 2. The van der Waals surface area contributed by atoms with Crippen molar-refractivity contribution in [3.8, 4) is 0 Å². The van der Waals surface area contributed by atoms with E-state index in [1.54, 1.807) is 22.3 Å². The lowest BCUT2D eigenvalue weighted by Crippen LogP contribution is -2.49. The van der Waals surface area contributed by atoms with Crippen molar-refractivity contribution in [2.45, 2.75) is 65.0 Å². The van der Waals surface area contributed by atoms with Gasteiger partial charge >= 0.3 is 0 Å². The minimum Gasteiger partial charge on any atom is -0.331 e. The Balaban J connectivity index is 1.91. The number of amides is 2. The summed E-state index contributed by atoms with van der Waals surface area (Å²) in [5, 5.41) is 3.18. The van der Waals surface area contributed by atoms with E-state index < -0.39 is 0 Å². The predicted molar refractivity (Wildman–Crippen MR) is 129 cm³/mol. The van der Waals surface area contributed by atoms with Gasteiger partial charge < -0.3 is 9.80 Å². The van der Waals surface area contributed by atoms with Crippen LogP contribution in [0, 0.1) is 0 Å². The van der Waals surface area contributed by atoms with Gasteiger partial charge in [-0.05, 0) is 60.9 Å². The molecule has 1 aromatic heterocycles. The van der Waals surface area contributed by atoms with Crippen LogP contribution in [0.5, 0.6) is 0 Å². The van der Waals surface area contributed by atoms with Crippen LogP contribution in [0.3, 0.4) is 0 Å². The zero-order valence-electron chi connectivity index (χ0n) is 18.4. The van der Waals surface area contributed by atoms with Gasteiger partial charge in [-0.2, -0.15) is 0 Å². The minimum absolute atomic E-state index is 0.0207. The molecule has 1 aliphatic rings. The molecular weight excluding hydrogens is 451 g/mol. The van der Waals surface area contributed by atoms with Crippen molar-refractivity contribution < 1.29 is 9.59 Å². The molecule has 0 N–H and O–H groups in total. The summed E-state index contributed by atoms with van der Waals surface area (Å²) in [6.07, 6.45) is 3.90. The standard InChI is InChI=1S/C24H30Cl2N2O2S/c1-4-6-7-22(29)28(16(3)5-2)15-23(30)27-12-10-21-19(11-13-31-21)24(27)18-9-8-17(25)14-20(18)26/h8-9,11,13-14,16,24H,4-7,10,12,15H2,1-3H3. The summed E-state index contributed by atoms with van der Waals surface area (Å²) < 4.78 is 0. The van der Waals surface area contributed by atoms with Gasteiger partial charge in [0.2, 0.25) is 11.8 Å². The van der Waals surface area contributed by atoms with Crippen LogP contribution in [0.15, 0.2) is 29.6 Å². The maximum Gasteiger partial charge on any atom is 0.243 e. The molecule has 0 fully saturated rings. The zero-order valence-corrected chi connectivity index (χ0v) is 20.7. The number of fused-ring (bicyclic) bond motifs is 1. The molecule has 4 nitrogen and oxygen atoms in total. The summed E-state index contributed by atoms with van der Waals surface area (Å²) in [7, 11) is 0. The lowest BCUT2D eigenvalue weighted by Gasteiger charge is -2.39. The van der Waals surface area contributed by atoms with E-state index in [9.17, 15) is 9.59 Å². The van der Waals surface area contributed by atoms with Crippen LogP contribution in [0.1, 0.15) is 68.5 Å². The Morgan fingerprint density at radius 2 is 2.00 bits per heavy atom. The molecule has 31 heavy (non-hydrogen) atoms. The molecule has 0 spiro atoms. The minimum atomic E-state index is -0.267. The molecule has 2 aromatic rings. The van der Waals surface area contributed by atoms with Crippen LogP contribution in [0.2, 0.25) is 10.0 Å². The Morgan fingerprint density at radius 1 is 1.23 bits per heavy atom. The van der Waals surface area contributed by atoms with Gasteiger partial charge in [0.15, 0.2) is 0 Å². The molecule has 7 heteroatoms. The molecule has 1 aromatic carbocycles. The fourth-order valence-corrected chi connectivity index (χ4v) is 5.48. The molecule has 1 aliphatic heterocycles. The normalized spacial score (nSPS) is 16.7. The first-order chi connectivity index (χ1) is 14.9. The van der Waals surface area contributed by atoms with Crippen LogP contribution in [0.25, 0.3) is 0 Å². The van der Waals surface area contributed by atoms with E-state index >= 15 is 0 Å². The highest BCUT2D eigenvalue weighted by Gasteiger charge is 2.35. The van der Waals surface area contributed by atoms with E-state index in [0.29, 0.717) is 23.0 Å². The summed E-state index contributed by atoms with van der Waals surface area (Å²) in [5.41, 5.74) is 1.98. The highest BCUT2D eigenvalue weighted by Crippen LogP contribution is 2.41. The van der Waals surface area contributed by atoms with Gasteiger partial charge in [-0.25, -0.2) is 0 Å². The maximum atomic E-state index is 13.6. The summed E-state index contributed by atoms with van der Waals surface area (Å²) in [4.78, 5) is 31.3. The van der Waals surface area contributed by atoms with Crippen molar-refractivity contribution in [1.29, 1.82) is 0 Å². The highest BCUT2D eigenvalue weighted by atomic mass is 35.5. The summed E-state index contributed by atoms with van der Waals surface area (Å²) in [5.74, 6) is 0.0110. The first kappa shape index (κ1) is 24.1. The van der Waals surface area contributed by atoms with E-state index in [4.69, 9.17) is 23.2 Å². The Kier molecular flexibility index (Phi) is 8.43. The Labute approximate surface area is 199 Å². The van der Waals surface area contributed by atoms with Gasteiger partial charge in [0.05, 0.1) is 6.04 Å². The molecule has 0 saturated heterocycles. The van der Waals surface area contributed by atoms with Crippen molar-refractivity contribution in [2.24, 2.45) is 0 Å². The maximum absolute atomic E-state index is 13.6. The van der Waals surface area contributed by atoms with E-state index in [2.05, 4.69) is 18.4 Å². The van der Waals surface area contributed by atoms with Crippen LogP contribution in [-0.4, -0.2) is 40.7 Å². The Morgan fingerprint density at radius 3 is 2.68 bits per heavy atom. The summed E-state index contributed by atoms with van der Waals surface area (Å²) in [6, 6.07) is 7.27. The summed E-state index contributed by atoms with van der Waals surface area (Å²) >= 11 is 14.4. The molecule has 2 heterocycles. The topological polar surface area (TPSA) is 40.6 Å². The average molecular weight is 481 g/mol. The fraction of sp³-hybridized carbons (Fsp3) is 0.500.